The van der Waals surface area contributed by atoms with E-state index in [2.05, 4.69) is 19.8 Å². The average molecular weight is 288 g/mol. The maximum absolute atomic E-state index is 12.1. The van der Waals surface area contributed by atoms with Crippen LogP contribution in [0.25, 0.3) is 11.0 Å². The van der Waals surface area contributed by atoms with Gasteiger partial charge in [0, 0.05) is 39.3 Å². The van der Waals surface area contributed by atoms with Crippen LogP contribution in [-0.4, -0.2) is 64.2 Å². The van der Waals surface area contributed by atoms with Gasteiger partial charge in [0.15, 0.2) is 0 Å². The summed E-state index contributed by atoms with van der Waals surface area (Å²) >= 11 is 0. The number of hydrogen-bond donors (Lipinski definition) is 2. The Morgan fingerprint density at radius 2 is 1.86 bits per heavy atom. The first kappa shape index (κ1) is 14.2. The molecule has 0 saturated carbocycles. The molecule has 1 aromatic carbocycles. The number of nitrogens with zero attached hydrogens (tertiary/aromatic N) is 3. The fraction of sp³-hybridized carbons (Fsp3) is 0.467. The summed E-state index contributed by atoms with van der Waals surface area (Å²) < 4.78 is 0. The van der Waals surface area contributed by atoms with Gasteiger partial charge in [-0.1, -0.05) is 12.1 Å². The molecule has 0 atom stereocenters. The predicted molar refractivity (Wildman–Crippen MR) is 81.2 cm³/mol. The van der Waals surface area contributed by atoms with Gasteiger partial charge in [0.05, 0.1) is 17.6 Å². The summed E-state index contributed by atoms with van der Waals surface area (Å²) in [5.74, 6) is 0. The van der Waals surface area contributed by atoms with Gasteiger partial charge in [-0.15, -0.1) is 0 Å². The van der Waals surface area contributed by atoms with Crippen LogP contribution in [0.5, 0.6) is 0 Å². The zero-order valence-electron chi connectivity index (χ0n) is 12.0. The molecule has 112 valence electrons. The summed E-state index contributed by atoms with van der Waals surface area (Å²) in [5.41, 5.74) is 2.07. The number of rotatable bonds is 4. The average Bonchev–Trinajstić information content (AvgIpc) is 2.50. The Balaban J connectivity index is 1.71. The molecular formula is C15H20N4O2. The van der Waals surface area contributed by atoms with E-state index in [1.54, 1.807) is 0 Å². The van der Waals surface area contributed by atoms with Crippen LogP contribution < -0.4 is 5.56 Å². The first-order chi connectivity index (χ1) is 10.3. The number of nitrogens with one attached hydrogen (secondary N) is 1. The highest BCUT2D eigenvalue weighted by Crippen LogP contribution is 2.08. The molecule has 0 unspecified atom stereocenters. The lowest BCUT2D eigenvalue weighted by atomic mass is 10.2. The molecule has 1 fully saturated rings. The second kappa shape index (κ2) is 6.34. The SMILES string of the molecule is O=c1[nH]c2ccccc2nc1CN1CCN(CCO)CC1. The minimum Gasteiger partial charge on any atom is -0.395 e. The van der Waals surface area contributed by atoms with E-state index in [-0.39, 0.29) is 12.2 Å². The molecule has 0 amide bonds. The number of piperazine rings is 1. The van der Waals surface area contributed by atoms with E-state index in [1.807, 2.05) is 24.3 Å². The fourth-order valence-electron chi connectivity index (χ4n) is 2.70. The molecule has 6 nitrogen and oxygen atoms in total. The van der Waals surface area contributed by atoms with Gasteiger partial charge in [0.25, 0.3) is 5.56 Å². The van der Waals surface area contributed by atoms with Crippen molar-refractivity contribution < 1.29 is 5.11 Å². The van der Waals surface area contributed by atoms with Gasteiger partial charge in [-0.25, -0.2) is 4.98 Å². The van der Waals surface area contributed by atoms with Gasteiger partial charge in [-0.3, -0.25) is 14.6 Å². The van der Waals surface area contributed by atoms with E-state index in [9.17, 15) is 4.79 Å². The van der Waals surface area contributed by atoms with Crippen molar-refractivity contribution in [3.05, 3.63) is 40.3 Å². The second-order valence-electron chi connectivity index (χ2n) is 5.37. The molecular weight excluding hydrogens is 268 g/mol. The van der Waals surface area contributed by atoms with E-state index in [0.29, 0.717) is 12.2 Å². The molecule has 1 aromatic heterocycles. The molecule has 0 spiro atoms. The lowest BCUT2D eigenvalue weighted by Crippen LogP contribution is -2.47. The summed E-state index contributed by atoms with van der Waals surface area (Å²) in [5, 5.41) is 8.95. The van der Waals surface area contributed by atoms with Gasteiger partial charge in [-0.2, -0.15) is 0 Å². The normalized spacial score (nSPS) is 17.4. The van der Waals surface area contributed by atoms with Gasteiger partial charge in [-0.05, 0) is 12.1 Å². The van der Waals surface area contributed by atoms with Gasteiger partial charge in [0.2, 0.25) is 0 Å². The number of H-pyrrole nitrogens is 1. The van der Waals surface area contributed by atoms with Crippen molar-refractivity contribution in [2.75, 3.05) is 39.3 Å². The summed E-state index contributed by atoms with van der Waals surface area (Å²) in [6, 6.07) is 7.58. The highest BCUT2D eigenvalue weighted by atomic mass is 16.3. The van der Waals surface area contributed by atoms with E-state index < -0.39 is 0 Å². The molecule has 1 saturated heterocycles. The Bertz CT molecular complexity index is 662. The third kappa shape index (κ3) is 3.29. The van der Waals surface area contributed by atoms with E-state index >= 15 is 0 Å². The van der Waals surface area contributed by atoms with Crippen LogP contribution in [0, 0.1) is 0 Å². The number of aromatic amines is 1. The van der Waals surface area contributed by atoms with Crippen LogP contribution in [0.3, 0.4) is 0 Å². The van der Waals surface area contributed by atoms with Crippen molar-refractivity contribution in [2.45, 2.75) is 6.54 Å². The second-order valence-corrected chi connectivity index (χ2v) is 5.37. The van der Waals surface area contributed by atoms with Crippen molar-refractivity contribution in [2.24, 2.45) is 0 Å². The van der Waals surface area contributed by atoms with E-state index in [4.69, 9.17) is 5.11 Å². The molecule has 0 bridgehead atoms. The van der Waals surface area contributed by atoms with Gasteiger partial charge >= 0.3 is 0 Å². The molecule has 21 heavy (non-hydrogen) atoms. The number of hydrogen-bond acceptors (Lipinski definition) is 5. The largest absolute Gasteiger partial charge is 0.395 e. The molecule has 2 heterocycles. The third-order valence-corrected chi connectivity index (χ3v) is 3.92. The van der Waals surface area contributed by atoms with Crippen LogP contribution in [0.4, 0.5) is 0 Å². The summed E-state index contributed by atoms with van der Waals surface area (Å²) in [7, 11) is 0. The quantitative estimate of drug-likeness (QED) is 0.830. The van der Waals surface area contributed by atoms with Crippen LogP contribution in [0.1, 0.15) is 5.69 Å². The smallest absolute Gasteiger partial charge is 0.271 e. The minimum atomic E-state index is -0.105. The Labute approximate surface area is 123 Å². The zero-order chi connectivity index (χ0) is 14.7. The van der Waals surface area contributed by atoms with Crippen molar-refractivity contribution in [3.8, 4) is 0 Å². The number of β-amino-alcohol motifs (C(OH)–C–C–N with tert-alkyl or cyclic N) is 1. The summed E-state index contributed by atoms with van der Waals surface area (Å²) in [6.45, 7) is 5.14. The number of fused-ring (bicyclic) bond motifs is 1. The maximum Gasteiger partial charge on any atom is 0.271 e. The molecule has 1 aliphatic heterocycles. The van der Waals surface area contributed by atoms with Crippen LogP contribution in [0.2, 0.25) is 0 Å². The monoisotopic (exact) mass is 288 g/mol. The number of aliphatic hydroxyl groups excluding tert-OH is 1. The molecule has 3 rings (SSSR count). The molecule has 1 aliphatic rings. The summed E-state index contributed by atoms with van der Waals surface area (Å²) in [4.78, 5) is 23.9. The van der Waals surface area contributed by atoms with E-state index in [1.165, 1.54) is 0 Å². The third-order valence-electron chi connectivity index (χ3n) is 3.92. The fourth-order valence-corrected chi connectivity index (χ4v) is 2.70. The Morgan fingerprint density at radius 3 is 2.62 bits per heavy atom. The van der Waals surface area contributed by atoms with Gasteiger partial charge < -0.3 is 10.1 Å². The first-order valence-corrected chi connectivity index (χ1v) is 7.30. The van der Waals surface area contributed by atoms with Crippen LogP contribution >= 0.6 is 0 Å². The highest BCUT2D eigenvalue weighted by molar-refractivity contribution is 5.73. The predicted octanol–water partition coefficient (Wildman–Crippen LogP) is 0.0330. The minimum absolute atomic E-state index is 0.105. The topological polar surface area (TPSA) is 72.5 Å². The highest BCUT2D eigenvalue weighted by Gasteiger charge is 2.18. The lowest BCUT2D eigenvalue weighted by molar-refractivity contribution is 0.107. The summed E-state index contributed by atoms with van der Waals surface area (Å²) in [6.07, 6.45) is 0. The Kier molecular flexibility index (Phi) is 4.28. The number of aliphatic hydroxyl groups is 1. The molecule has 2 N–H and O–H groups in total. The lowest BCUT2D eigenvalue weighted by Gasteiger charge is -2.33. The van der Waals surface area contributed by atoms with E-state index in [0.717, 1.165) is 43.8 Å². The Hall–Kier alpha value is -1.76. The maximum atomic E-state index is 12.1. The van der Waals surface area contributed by atoms with Crippen molar-refractivity contribution >= 4 is 11.0 Å². The van der Waals surface area contributed by atoms with Crippen LogP contribution in [0.15, 0.2) is 29.1 Å². The van der Waals surface area contributed by atoms with Crippen molar-refractivity contribution in [3.63, 3.8) is 0 Å². The van der Waals surface area contributed by atoms with Crippen LogP contribution in [-0.2, 0) is 6.54 Å². The standard InChI is InChI=1S/C15H20N4O2/c20-10-9-18-5-7-19(8-6-18)11-14-15(21)17-13-4-2-1-3-12(13)16-14/h1-4,20H,5-11H2,(H,17,21). The molecule has 2 aromatic rings. The van der Waals surface area contributed by atoms with Gasteiger partial charge in [0.1, 0.15) is 5.69 Å². The zero-order valence-corrected chi connectivity index (χ0v) is 12.0. The first-order valence-electron chi connectivity index (χ1n) is 7.30. The molecule has 0 radical (unpaired) electrons. The number of benzene rings is 1. The molecule has 0 aliphatic carbocycles. The Morgan fingerprint density at radius 1 is 1.14 bits per heavy atom. The number of para-hydroxylation sites is 2. The number of aromatic nitrogens is 2. The van der Waals surface area contributed by atoms with Crippen molar-refractivity contribution in [1.82, 2.24) is 19.8 Å². The molecule has 6 heteroatoms. The van der Waals surface area contributed by atoms with Crippen molar-refractivity contribution in [1.29, 1.82) is 0 Å².